The van der Waals surface area contributed by atoms with Crippen LogP contribution in [0, 0.1) is 13.8 Å². The molecular weight excluding hydrogens is 387 g/mol. The molecule has 0 aliphatic carbocycles. The number of halogens is 3. The van der Waals surface area contributed by atoms with Gasteiger partial charge in [-0.25, -0.2) is 4.98 Å². The molecule has 2 aromatic heterocycles. The Morgan fingerprint density at radius 2 is 1.90 bits per heavy atom. The largest absolute Gasteiger partial charge is 0.468 e. The molecule has 0 fully saturated rings. The van der Waals surface area contributed by atoms with E-state index in [4.69, 9.17) is 0 Å². The summed E-state index contributed by atoms with van der Waals surface area (Å²) in [4.78, 5) is 32.2. The van der Waals surface area contributed by atoms with Gasteiger partial charge in [-0.05, 0) is 37.6 Å². The normalized spacial score (nSPS) is 11.2. The lowest BCUT2D eigenvalue weighted by molar-refractivity contribution is -0.154. The zero-order valence-corrected chi connectivity index (χ0v) is 16.4. The number of pyridine rings is 2. The minimum atomic E-state index is -4.44. The number of hydrogen-bond acceptors (Lipinski definition) is 5. The molecule has 0 spiro atoms. The van der Waals surface area contributed by atoms with Crippen LogP contribution in [0.2, 0.25) is 0 Å². The molecule has 0 unspecified atom stereocenters. The smallest absolute Gasteiger partial charge is 0.422 e. The molecule has 2 rings (SSSR count). The highest BCUT2D eigenvalue weighted by atomic mass is 19.4. The third-order valence-corrected chi connectivity index (χ3v) is 3.95. The van der Waals surface area contributed by atoms with Gasteiger partial charge in [-0.2, -0.15) is 13.2 Å². The highest BCUT2D eigenvalue weighted by Crippen LogP contribution is 2.20. The van der Waals surface area contributed by atoms with Gasteiger partial charge in [0.15, 0.2) is 6.61 Å². The number of aromatic nitrogens is 2. The molecule has 9 heteroatoms. The monoisotopic (exact) mass is 409 g/mol. The summed E-state index contributed by atoms with van der Waals surface area (Å²) in [6.07, 6.45) is -2.53. The molecule has 156 valence electrons. The standard InChI is InChI=1S/C20H22F3N3O3/c1-4-17(27)8-16-7-15(6-13(3)26-16)18(28)24-9-14-5-12(2)19(25-10-14)29-11-20(21,22)23/h5-7,10H,4,8-9,11H2,1-3H3,(H,24,28). The van der Waals surface area contributed by atoms with Crippen LogP contribution in [0.4, 0.5) is 13.2 Å². The number of hydrogen-bond donors (Lipinski definition) is 1. The summed E-state index contributed by atoms with van der Waals surface area (Å²) in [6.45, 7) is 3.80. The molecule has 0 aliphatic heterocycles. The second-order valence-electron chi connectivity index (χ2n) is 6.61. The quantitative estimate of drug-likeness (QED) is 0.722. The van der Waals surface area contributed by atoms with Crippen molar-refractivity contribution in [3.63, 3.8) is 0 Å². The molecule has 29 heavy (non-hydrogen) atoms. The van der Waals surface area contributed by atoms with Crippen LogP contribution in [0.25, 0.3) is 0 Å². The van der Waals surface area contributed by atoms with Crippen LogP contribution < -0.4 is 10.1 Å². The molecule has 6 nitrogen and oxygen atoms in total. The Morgan fingerprint density at radius 3 is 2.52 bits per heavy atom. The van der Waals surface area contributed by atoms with Crippen LogP contribution in [-0.4, -0.2) is 34.4 Å². The van der Waals surface area contributed by atoms with Crippen LogP contribution in [-0.2, 0) is 17.8 Å². The first-order valence-corrected chi connectivity index (χ1v) is 9.00. The number of nitrogens with one attached hydrogen (secondary N) is 1. The van der Waals surface area contributed by atoms with Gasteiger partial charge in [0.25, 0.3) is 5.91 Å². The lowest BCUT2D eigenvalue weighted by atomic mass is 10.1. The van der Waals surface area contributed by atoms with Crippen molar-refractivity contribution >= 4 is 11.7 Å². The summed E-state index contributed by atoms with van der Waals surface area (Å²) in [5.74, 6) is -0.424. The van der Waals surface area contributed by atoms with Gasteiger partial charge in [0, 0.05) is 48.1 Å². The first-order chi connectivity index (χ1) is 13.6. The van der Waals surface area contributed by atoms with E-state index in [0.717, 1.165) is 0 Å². The number of ketones is 1. The van der Waals surface area contributed by atoms with Crippen molar-refractivity contribution in [3.8, 4) is 5.88 Å². The first-order valence-electron chi connectivity index (χ1n) is 9.00. The molecule has 0 bridgehead atoms. The number of ether oxygens (including phenoxy) is 1. The van der Waals surface area contributed by atoms with E-state index >= 15 is 0 Å². The minimum absolute atomic E-state index is 0.0313. The summed E-state index contributed by atoms with van der Waals surface area (Å²) in [5.41, 5.74) is 2.58. The predicted octanol–water partition coefficient (Wildman–Crippen LogP) is 3.49. The Morgan fingerprint density at radius 1 is 1.17 bits per heavy atom. The molecule has 1 amide bonds. The third kappa shape index (κ3) is 7.17. The fourth-order valence-corrected chi connectivity index (χ4v) is 2.59. The number of carbonyl (C=O) groups is 2. The van der Waals surface area contributed by atoms with Gasteiger partial charge < -0.3 is 10.1 Å². The topological polar surface area (TPSA) is 81.2 Å². The van der Waals surface area contributed by atoms with Crippen molar-refractivity contribution < 1.29 is 27.5 Å². The average molecular weight is 409 g/mol. The maximum Gasteiger partial charge on any atom is 0.422 e. The Labute approximate surface area is 166 Å². The Hall–Kier alpha value is -2.97. The molecule has 1 N–H and O–H groups in total. The third-order valence-electron chi connectivity index (χ3n) is 3.95. The zero-order chi connectivity index (χ0) is 21.6. The molecule has 2 heterocycles. The molecular formula is C20H22F3N3O3. The highest BCUT2D eigenvalue weighted by Gasteiger charge is 2.29. The summed E-state index contributed by atoms with van der Waals surface area (Å²) < 4.78 is 41.4. The maximum atomic E-state index is 12.4. The van der Waals surface area contributed by atoms with Gasteiger partial charge >= 0.3 is 6.18 Å². The lowest BCUT2D eigenvalue weighted by Crippen LogP contribution is -2.24. The summed E-state index contributed by atoms with van der Waals surface area (Å²) >= 11 is 0. The van der Waals surface area contributed by atoms with E-state index in [2.05, 4.69) is 20.0 Å². The Balaban J connectivity index is 2.02. The number of aryl methyl sites for hydroxylation is 2. The number of alkyl halides is 3. The average Bonchev–Trinajstić information content (AvgIpc) is 2.64. The second-order valence-corrected chi connectivity index (χ2v) is 6.61. The molecule has 0 aliphatic rings. The molecule has 0 aromatic carbocycles. The molecule has 0 saturated heterocycles. The van der Waals surface area contributed by atoms with Crippen LogP contribution in [0.5, 0.6) is 5.88 Å². The first kappa shape index (κ1) is 22.3. The Kier molecular flexibility index (Phi) is 7.30. The van der Waals surface area contributed by atoms with E-state index in [9.17, 15) is 22.8 Å². The van der Waals surface area contributed by atoms with Crippen molar-refractivity contribution in [1.82, 2.24) is 15.3 Å². The number of nitrogens with zero attached hydrogens (tertiary/aromatic N) is 2. The molecule has 0 saturated carbocycles. The van der Waals surface area contributed by atoms with Crippen LogP contribution in [0.15, 0.2) is 24.4 Å². The van der Waals surface area contributed by atoms with Crippen molar-refractivity contribution in [2.45, 2.75) is 46.3 Å². The van der Waals surface area contributed by atoms with Crippen molar-refractivity contribution in [1.29, 1.82) is 0 Å². The Bertz CT molecular complexity index is 898. The number of amides is 1. The summed E-state index contributed by atoms with van der Waals surface area (Å²) in [6, 6.07) is 4.79. The van der Waals surface area contributed by atoms with Gasteiger partial charge in [-0.1, -0.05) is 6.92 Å². The van der Waals surface area contributed by atoms with Gasteiger partial charge in [0.1, 0.15) is 5.78 Å². The summed E-state index contributed by atoms with van der Waals surface area (Å²) in [5, 5.41) is 2.73. The second kappa shape index (κ2) is 9.49. The maximum absolute atomic E-state index is 12.4. The van der Waals surface area contributed by atoms with Gasteiger partial charge in [-0.3, -0.25) is 14.6 Å². The van der Waals surface area contributed by atoms with Gasteiger partial charge in [0.2, 0.25) is 5.88 Å². The van der Waals surface area contributed by atoms with Crippen molar-refractivity contribution in [2.75, 3.05) is 6.61 Å². The van der Waals surface area contributed by atoms with E-state index in [1.54, 1.807) is 39.0 Å². The van der Waals surface area contributed by atoms with Crippen LogP contribution >= 0.6 is 0 Å². The predicted molar refractivity (Wildman–Crippen MR) is 99.7 cm³/mol. The summed E-state index contributed by atoms with van der Waals surface area (Å²) in [7, 11) is 0. The van der Waals surface area contributed by atoms with Gasteiger partial charge in [-0.15, -0.1) is 0 Å². The number of Topliss-reactive ketones (excluding diaryl/α,β-unsaturated/α-hetero) is 1. The van der Waals surface area contributed by atoms with Crippen LogP contribution in [0.1, 0.15) is 46.2 Å². The molecule has 0 atom stereocenters. The van der Waals surface area contributed by atoms with E-state index in [1.807, 2.05) is 0 Å². The van der Waals surface area contributed by atoms with Crippen molar-refractivity contribution in [2.24, 2.45) is 0 Å². The molecule has 0 radical (unpaired) electrons. The fraction of sp³-hybridized carbons (Fsp3) is 0.400. The minimum Gasteiger partial charge on any atom is -0.468 e. The number of rotatable bonds is 8. The van der Waals surface area contributed by atoms with E-state index < -0.39 is 12.8 Å². The van der Waals surface area contributed by atoms with E-state index in [0.29, 0.717) is 34.5 Å². The fourth-order valence-electron chi connectivity index (χ4n) is 2.59. The lowest BCUT2D eigenvalue weighted by Gasteiger charge is -2.12. The van der Waals surface area contributed by atoms with Crippen molar-refractivity contribution in [3.05, 3.63) is 52.5 Å². The van der Waals surface area contributed by atoms with Crippen LogP contribution in [0.3, 0.4) is 0 Å². The van der Waals surface area contributed by atoms with E-state index in [1.165, 1.54) is 6.20 Å². The van der Waals surface area contributed by atoms with E-state index in [-0.39, 0.29) is 30.5 Å². The SMILES string of the molecule is CCC(=O)Cc1cc(C(=O)NCc2cnc(OCC(F)(F)F)c(C)c2)cc(C)n1. The molecule has 2 aromatic rings. The highest BCUT2D eigenvalue weighted by molar-refractivity contribution is 5.94. The van der Waals surface area contributed by atoms with Gasteiger partial charge in [0.05, 0.1) is 0 Å². The number of carbonyl (C=O) groups excluding carboxylic acids is 2. The zero-order valence-electron chi connectivity index (χ0n) is 16.4.